The van der Waals surface area contributed by atoms with Crippen LogP contribution in [0.25, 0.3) is 10.7 Å². The quantitative estimate of drug-likeness (QED) is 0.923. The van der Waals surface area contributed by atoms with Crippen LogP contribution in [0.1, 0.15) is 31.2 Å². The Morgan fingerprint density at radius 2 is 2.35 bits per heavy atom. The third-order valence-corrected chi connectivity index (χ3v) is 4.46. The van der Waals surface area contributed by atoms with Crippen LogP contribution in [-0.4, -0.2) is 16.7 Å². The van der Waals surface area contributed by atoms with Gasteiger partial charge >= 0.3 is 0 Å². The topological polar surface area (TPSA) is 51.0 Å². The first-order valence-electron chi connectivity index (χ1n) is 5.65. The number of hydrogen-bond donors (Lipinski definition) is 1. The van der Waals surface area contributed by atoms with E-state index in [0.717, 1.165) is 21.6 Å². The number of thiophene rings is 1. The zero-order valence-electron chi connectivity index (χ0n) is 9.15. The van der Waals surface area contributed by atoms with Gasteiger partial charge in [-0.2, -0.15) is 4.98 Å². The van der Waals surface area contributed by atoms with E-state index >= 15 is 0 Å². The highest BCUT2D eigenvalue weighted by atomic mass is 79.9. The van der Waals surface area contributed by atoms with Crippen molar-refractivity contribution in [3.8, 4) is 10.7 Å². The lowest BCUT2D eigenvalue weighted by Gasteiger charge is -2.19. The van der Waals surface area contributed by atoms with E-state index in [-0.39, 0.29) is 6.04 Å². The van der Waals surface area contributed by atoms with Crippen LogP contribution in [0, 0.1) is 0 Å². The molecule has 1 aliphatic heterocycles. The molecule has 1 fully saturated rings. The predicted molar refractivity (Wildman–Crippen MR) is 69.9 cm³/mol. The van der Waals surface area contributed by atoms with Crippen LogP contribution in [-0.2, 0) is 0 Å². The first-order valence-corrected chi connectivity index (χ1v) is 7.26. The molecule has 1 atom stereocenters. The number of nitrogens with one attached hydrogen (secondary N) is 1. The van der Waals surface area contributed by atoms with Crippen LogP contribution in [0.4, 0.5) is 0 Å². The fourth-order valence-corrected chi connectivity index (χ4v) is 3.29. The summed E-state index contributed by atoms with van der Waals surface area (Å²) >= 11 is 5.04. The summed E-state index contributed by atoms with van der Waals surface area (Å²) < 4.78 is 6.41. The maximum atomic E-state index is 5.34. The number of halogens is 1. The molecule has 0 aromatic carbocycles. The van der Waals surface area contributed by atoms with E-state index in [1.807, 2.05) is 12.1 Å². The normalized spacial score (nSPS) is 20.6. The summed E-state index contributed by atoms with van der Waals surface area (Å²) in [5.41, 5.74) is 0. The molecular formula is C11H12BrN3OS. The van der Waals surface area contributed by atoms with Gasteiger partial charge in [-0.15, -0.1) is 11.3 Å². The second-order valence-corrected chi connectivity index (χ2v) is 6.53. The van der Waals surface area contributed by atoms with Gasteiger partial charge in [-0.1, -0.05) is 11.6 Å². The highest BCUT2D eigenvalue weighted by Gasteiger charge is 2.21. The zero-order valence-corrected chi connectivity index (χ0v) is 11.6. The Labute approximate surface area is 112 Å². The molecule has 1 aliphatic rings. The summed E-state index contributed by atoms with van der Waals surface area (Å²) in [5.74, 6) is 1.40. The predicted octanol–water partition coefficient (Wildman–Crippen LogP) is 3.38. The van der Waals surface area contributed by atoms with Crippen molar-refractivity contribution in [1.29, 1.82) is 0 Å². The van der Waals surface area contributed by atoms with Crippen molar-refractivity contribution in [2.45, 2.75) is 25.3 Å². The van der Waals surface area contributed by atoms with Crippen molar-refractivity contribution in [3.63, 3.8) is 0 Å². The molecule has 0 amide bonds. The average Bonchev–Trinajstić information content (AvgIpc) is 2.98. The molecule has 1 N–H and O–H groups in total. The van der Waals surface area contributed by atoms with E-state index < -0.39 is 0 Å². The molecule has 3 heterocycles. The molecule has 0 radical (unpaired) electrons. The van der Waals surface area contributed by atoms with Crippen LogP contribution < -0.4 is 5.32 Å². The van der Waals surface area contributed by atoms with E-state index in [9.17, 15) is 0 Å². The molecule has 0 saturated carbocycles. The fourth-order valence-electron chi connectivity index (χ4n) is 1.97. The first-order chi connectivity index (χ1) is 8.33. The van der Waals surface area contributed by atoms with Crippen molar-refractivity contribution in [3.05, 3.63) is 21.8 Å². The van der Waals surface area contributed by atoms with Crippen LogP contribution in [0.2, 0.25) is 0 Å². The SMILES string of the molecule is Brc1ccc(-c2noc(C3CCCCN3)n2)s1. The molecule has 1 unspecified atom stereocenters. The highest BCUT2D eigenvalue weighted by Crippen LogP contribution is 2.30. The maximum Gasteiger partial charge on any atom is 0.244 e. The number of piperidine rings is 1. The monoisotopic (exact) mass is 313 g/mol. The van der Waals surface area contributed by atoms with E-state index in [2.05, 4.69) is 31.4 Å². The molecule has 0 aliphatic carbocycles. The molecule has 4 nitrogen and oxygen atoms in total. The minimum absolute atomic E-state index is 0.230. The van der Waals surface area contributed by atoms with E-state index in [0.29, 0.717) is 11.7 Å². The smallest absolute Gasteiger partial charge is 0.244 e. The van der Waals surface area contributed by atoms with Crippen molar-refractivity contribution in [1.82, 2.24) is 15.5 Å². The minimum Gasteiger partial charge on any atom is -0.337 e. The van der Waals surface area contributed by atoms with Crippen LogP contribution in [0.5, 0.6) is 0 Å². The lowest BCUT2D eigenvalue weighted by molar-refractivity contribution is 0.297. The average molecular weight is 314 g/mol. The molecule has 3 rings (SSSR count). The summed E-state index contributed by atoms with van der Waals surface area (Å²) in [4.78, 5) is 5.50. The summed E-state index contributed by atoms with van der Waals surface area (Å²) in [7, 11) is 0. The summed E-state index contributed by atoms with van der Waals surface area (Å²) in [6, 6.07) is 4.22. The van der Waals surface area contributed by atoms with Crippen molar-refractivity contribution in [2.75, 3.05) is 6.54 Å². The van der Waals surface area contributed by atoms with Crippen LogP contribution in [0.3, 0.4) is 0 Å². The lowest BCUT2D eigenvalue weighted by atomic mass is 10.1. The van der Waals surface area contributed by atoms with E-state index in [4.69, 9.17) is 4.52 Å². The van der Waals surface area contributed by atoms with Gasteiger partial charge in [-0.3, -0.25) is 0 Å². The Kier molecular flexibility index (Phi) is 3.26. The Balaban J connectivity index is 1.82. The zero-order chi connectivity index (χ0) is 11.7. The highest BCUT2D eigenvalue weighted by molar-refractivity contribution is 9.11. The molecule has 2 aromatic rings. The van der Waals surface area contributed by atoms with Gasteiger partial charge in [0.25, 0.3) is 0 Å². The summed E-state index contributed by atoms with van der Waals surface area (Å²) in [6.45, 7) is 1.03. The molecule has 0 bridgehead atoms. The van der Waals surface area contributed by atoms with Crippen LogP contribution >= 0.6 is 27.3 Å². The van der Waals surface area contributed by atoms with Gasteiger partial charge in [0.05, 0.1) is 14.7 Å². The fraction of sp³-hybridized carbons (Fsp3) is 0.455. The van der Waals surface area contributed by atoms with Crippen molar-refractivity contribution >= 4 is 27.3 Å². The molecule has 6 heteroatoms. The number of nitrogens with zero attached hydrogens (tertiary/aromatic N) is 2. The van der Waals surface area contributed by atoms with E-state index in [1.165, 1.54) is 12.8 Å². The van der Waals surface area contributed by atoms with Gasteiger partial charge in [0.2, 0.25) is 11.7 Å². The van der Waals surface area contributed by atoms with Gasteiger partial charge in [0.15, 0.2) is 0 Å². The van der Waals surface area contributed by atoms with Gasteiger partial charge in [-0.25, -0.2) is 0 Å². The molecule has 1 saturated heterocycles. The van der Waals surface area contributed by atoms with Crippen LogP contribution in [0.15, 0.2) is 20.4 Å². The molecule has 17 heavy (non-hydrogen) atoms. The minimum atomic E-state index is 0.230. The van der Waals surface area contributed by atoms with Gasteiger partial charge < -0.3 is 9.84 Å². The molecule has 2 aromatic heterocycles. The number of hydrogen-bond acceptors (Lipinski definition) is 5. The first kappa shape index (κ1) is 11.4. The van der Waals surface area contributed by atoms with E-state index in [1.54, 1.807) is 11.3 Å². The third-order valence-electron chi connectivity index (χ3n) is 2.84. The standard InChI is InChI=1S/C11H12BrN3OS/c12-9-5-4-8(17-9)10-14-11(16-15-10)7-3-1-2-6-13-7/h4-5,7,13H,1-3,6H2. The molecule has 90 valence electrons. The second kappa shape index (κ2) is 4.88. The largest absolute Gasteiger partial charge is 0.337 e. The Morgan fingerprint density at radius 1 is 1.41 bits per heavy atom. The van der Waals surface area contributed by atoms with Gasteiger partial charge in [-0.05, 0) is 47.4 Å². The summed E-state index contributed by atoms with van der Waals surface area (Å²) in [5, 5.41) is 7.44. The number of aromatic nitrogens is 2. The Bertz CT molecular complexity index is 504. The number of rotatable bonds is 2. The summed E-state index contributed by atoms with van der Waals surface area (Å²) in [6.07, 6.45) is 3.53. The van der Waals surface area contributed by atoms with Gasteiger partial charge in [0.1, 0.15) is 0 Å². The van der Waals surface area contributed by atoms with Crippen molar-refractivity contribution < 1.29 is 4.52 Å². The maximum absolute atomic E-state index is 5.34. The van der Waals surface area contributed by atoms with Gasteiger partial charge in [0, 0.05) is 0 Å². The molecular weight excluding hydrogens is 302 g/mol. The third kappa shape index (κ3) is 2.43. The lowest BCUT2D eigenvalue weighted by Crippen LogP contribution is -2.26. The van der Waals surface area contributed by atoms with Crippen molar-refractivity contribution in [2.24, 2.45) is 0 Å². The second-order valence-electron chi connectivity index (χ2n) is 4.06. The Morgan fingerprint density at radius 3 is 3.06 bits per heavy atom. The molecule has 0 spiro atoms. The Hall–Kier alpha value is -0.720.